The molecule has 0 saturated carbocycles. The summed E-state index contributed by atoms with van der Waals surface area (Å²) in [7, 11) is -3.80. The number of rotatable bonds is 11. The molecule has 0 saturated heterocycles. The van der Waals surface area contributed by atoms with Crippen LogP contribution >= 0.6 is 23.2 Å². The smallest absolute Gasteiger partial charge is 0.260 e. The Bertz CT molecular complexity index is 1310. The van der Waals surface area contributed by atoms with Crippen molar-refractivity contribution in [1.29, 1.82) is 0 Å². The van der Waals surface area contributed by atoms with Crippen LogP contribution in [0.5, 0.6) is 5.75 Å². The Hall–Kier alpha value is -3.54. The van der Waals surface area contributed by atoms with Gasteiger partial charge in [0.15, 0.2) is 6.61 Å². The SMILES string of the molecule is CS(=O)(=O)N(CC(=O)N/N=C/c1ccc(OCC(=O)NCc2ccco2)cc1)c1cc(Cl)cc(Cl)c1. The average Bonchev–Trinajstić information content (AvgIpc) is 3.33. The summed E-state index contributed by atoms with van der Waals surface area (Å²) in [6.07, 6.45) is 3.86. The zero-order chi connectivity index (χ0) is 26.1. The van der Waals surface area contributed by atoms with Gasteiger partial charge in [-0.1, -0.05) is 23.2 Å². The highest BCUT2D eigenvalue weighted by Crippen LogP contribution is 2.26. The van der Waals surface area contributed by atoms with Gasteiger partial charge in [-0.05, 0) is 60.2 Å². The molecule has 3 rings (SSSR count). The Morgan fingerprint density at radius 2 is 1.78 bits per heavy atom. The van der Waals surface area contributed by atoms with E-state index in [9.17, 15) is 18.0 Å². The molecule has 0 aliphatic carbocycles. The van der Waals surface area contributed by atoms with Crippen molar-refractivity contribution >= 4 is 56.9 Å². The van der Waals surface area contributed by atoms with E-state index in [1.165, 1.54) is 30.7 Å². The van der Waals surface area contributed by atoms with Gasteiger partial charge in [-0.3, -0.25) is 13.9 Å². The number of nitrogens with zero attached hydrogens (tertiary/aromatic N) is 2. The number of anilines is 1. The second-order valence-corrected chi connectivity index (χ2v) is 10.2. The lowest BCUT2D eigenvalue weighted by atomic mass is 10.2. The van der Waals surface area contributed by atoms with E-state index in [1.807, 2.05) is 0 Å². The first kappa shape index (κ1) is 27.1. The number of hydrazone groups is 1. The third kappa shape index (κ3) is 8.59. The molecule has 0 unspecified atom stereocenters. The minimum Gasteiger partial charge on any atom is -0.484 e. The number of sulfonamides is 1. The zero-order valence-electron chi connectivity index (χ0n) is 19.0. The van der Waals surface area contributed by atoms with Gasteiger partial charge in [0.1, 0.15) is 18.1 Å². The van der Waals surface area contributed by atoms with Crippen LogP contribution in [0.4, 0.5) is 5.69 Å². The highest BCUT2D eigenvalue weighted by Gasteiger charge is 2.21. The fourth-order valence-electron chi connectivity index (χ4n) is 2.88. The zero-order valence-corrected chi connectivity index (χ0v) is 21.3. The summed E-state index contributed by atoms with van der Waals surface area (Å²) in [6.45, 7) is -0.425. The molecule has 1 heterocycles. The van der Waals surface area contributed by atoms with Gasteiger partial charge < -0.3 is 14.5 Å². The molecule has 2 N–H and O–H groups in total. The van der Waals surface area contributed by atoms with Crippen LogP contribution in [-0.2, 0) is 26.2 Å². The van der Waals surface area contributed by atoms with Crippen LogP contribution in [0.25, 0.3) is 0 Å². The standard InChI is InChI=1S/C23H22Cl2N4O6S/c1-36(32,33)29(19-10-17(24)9-18(25)11-19)14-22(30)28-27-12-16-4-6-20(7-5-16)35-15-23(31)26-13-21-3-2-8-34-21/h2-12H,13-15H2,1H3,(H,26,31)(H,28,30)/b27-12+. The number of nitrogens with one attached hydrogen (secondary N) is 2. The predicted molar refractivity (Wildman–Crippen MR) is 137 cm³/mol. The maximum Gasteiger partial charge on any atom is 0.260 e. The largest absolute Gasteiger partial charge is 0.484 e. The summed E-state index contributed by atoms with van der Waals surface area (Å²) in [6, 6.07) is 14.3. The lowest BCUT2D eigenvalue weighted by Crippen LogP contribution is -2.39. The average molecular weight is 553 g/mol. The number of ether oxygens (including phenoxy) is 1. The molecule has 0 aliphatic rings. The Labute approximate surface area is 217 Å². The molecule has 0 radical (unpaired) electrons. The molecule has 36 heavy (non-hydrogen) atoms. The summed E-state index contributed by atoms with van der Waals surface area (Å²) < 4.78 is 35.8. The minimum atomic E-state index is -3.80. The van der Waals surface area contributed by atoms with E-state index in [1.54, 1.807) is 36.4 Å². The lowest BCUT2D eigenvalue weighted by Gasteiger charge is -2.21. The second-order valence-electron chi connectivity index (χ2n) is 7.40. The molecule has 0 bridgehead atoms. The molecule has 13 heteroatoms. The predicted octanol–water partition coefficient (Wildman–Crippen LogP) is 3.20. The third-order valence-corrected chi connectivity index (χ3v) is 6.09. The van der Waals surface area contributed by atoms with Crippen LogP contribution in [0, 0.1) is 0 Å². The van der Waals surface area contributed by atoms with Crippen molar-refractivity contribution in [2.45, 2.75) is 6.54 Å². The number of furan rings is 1. The Balaban J connectivity index is 1.49. The molecule has 2 amide bonds. The number of hydrogen-bond donors (Lipinski definition) is 2. The van der Waals surface area contributed by atoms with E-state index in [2.05, 4.69) is 15.8 Å². The second kappa shape index (κ2) is 12.4. The summed E-state index contributed by atoms with van der Waals surface area (Å²) in [4.78, 5) is 24.2. The van der Waals surface area contributed by atoms with Crippen LogP contribution in [0.15, 0.2) is 70.4 Å². The molecule has 190 valence electrons. The van der Waals surface area contributed by atoms with Gasteiger partial charge in [0.2, 0.25) is 10.0 Å². The number of carbonyl (C=O) groups is 2. The van der Waals surface area contributed by atoms with Gasteiger partial charge in [-0.15, -0.1) is 0 Å². The number of halogens is 2. The number of carbonyl (C=O) groups excluding carboxylic acids is 2. The molecule has 0 spiro atoms. The van der Waals surface area contributed by atoms with E-state index in [4.69, 9.17) is 32.4 Å². The molecule has 0 fully saturated rings. The Morgan fingerprint density at radius 1 is 1.08 bits per heavy atom. The van der Waals surface area contributed by atoms with Gasteiger partial charge in [0.25, 0.3) is 11.8 Å². The summed E-state index contributed by atoms with van der Waals surface area (Å²) in [5.41, 5.74) is 3.06. The third-order valence-electron chi connectivity index (χ3n) is 4.52. The van der Waals surface area contributed by atoms with Crippen LogP contribution in [0.3, 0.4) is 0 Å². The van der Waals surface area contributed by atoms with Crippen molar-refractivity contribution in [3.05, 3.63) is 82.2 Å². The van der Waals surface area contributed by atoms with Crippen LogP contribution in [0.2, 0.25) is 10.0 Å². The first-order valence-electron chi connectivity index (χ1n) is 10.4. The fraction of sp³-hybridized carbons (Fsp3) is 0.174. The monoisotopic (exact) mass is 552 g/mol. The van der Waals surface area contributed by atoms with E-state index < -0.39 is 22.5 Å². The van der Waals surface area contributed by atoms with Gasteiger partial charge in [0, 0.05) is 10.0 Å². The normalized spacial score (nSPS) is 11.3. The van der Waals surface area contributed by atoms with Gasteiger partial charge in [-0.25, -0.2) is 13.8 Å². The lowest BCUT2D eigenvalue weighted by molar-refractivity contribution is -0.123. The number of hydrogen-bond acceptors (Lipinski definition) is 7. The maximum atomic E-state index is 12.3. The first-order valence-corrected chi connectivity index (χ1v) is 13.0. The fourth-order valence-corrected chi connectivity index (χ4v) is 4.23. The quantitative estimate of drug-likeness (QED) is 0.277. The highest BCUT2D eigenvalue weighted by molar-refractivity contribution is 7.92. The van der Waals surface area contributed by atoms with Crippen molar-refractivity contribution in [2.75, 3.05) is 23.7 Å². The molecule has 3 aromatic rings. The van der Waals surface area contributed by atoms with Crippen molar-refractivity contribution in [3.8, 4) is 5.75 Å². The van der Waals surface area contributed by atoms with Crippen molar-refractivity contribution < 1.29 is 27.2 Å². The molecule has 0 atom stereocenters. The first-order chi connectivity index (χ1) is 17.1. The molecule has 2 aromatic carbocycles. The van der Waals surface area contributed by atoms with E-state index >= 15 is 0 Å². The van der Waals surface area contributed by atoms with Crippen molar-refractivity contribution in [3.63, 3.8) is 0 Å². The molecule has 0 aliphatic heterocycles. The van der Waals surface area contributed by atoms with Gasteiger partial charge >= 0.3 is 0 Å². The van der Waals surface area contributed by atoms with Crippen LogP contribution in [0.1, 0.15) is 11.3 Å². The van der Waals surface area contributed by atoms with E-state index in [-0.39, 0.29) is 34.8 Å². The van der Waals surface area contributed by atoms with Crippen LogP contribution in [-0.4, -0.2) is 45.9 Å². The van der Waals surface area contributed by atoms with Gasteiger partial charge in [0.05, 0.1) is 31.0 Å². The topological polar surface area (TPSA) is 130 Å². The van der Waals surface area contributed by atoms with Crippen LogP contribution < -0.4 is 19.8 Å². The Kier molecular flexibility index (Phi) is 9.34. The van der Waals surface area contributed by atoms with Crippen molar-refractivity contribution in [1.82, 2.24) is 10.7 Å². The highest BCUT2D eigenvalue weighted by atomic mass is 35.5. The van der Waals surface area contributed by atoms with Gasteiger partial charge in [-0.2, -0.15) is 5.10 Å². The maximum absolute atomic E-state index is 12.3. The molecule has 1 aromatic heterocycles. The summed E-state index contributed by atoms with van der Waals surface area (Å²) >= 11 is 11.9. The van der Waals surface area contributed by atoms with E-state index in [0.717, 1.165) is 10.6 Å². The summed E-state index contributed by atoms with van der Waals surface area (Å²) in [5, 5.41) is 6.97. The molecular weight excluding hydrogens is 531 g/mol. The molecular formula is C23H22Cl2N4O6S. The number of benzene rings is 2. The Morgan fingerprint density at radius 3 is 2.39 bits per heavy atom. The molecule has 10 nitrogen and oxygen atoms in total. The number of amides is 2. The minimum absolute atomic E-state index is 0.152. The summed E-state index contributed by atoms with van der Waals surface area (Å²) in [5.74, 6) is 0.126. The van der Waals surface area contributed by atoms with E-state index in [0.29, 0.717) is 17.1 Å². The van der Waals surface area contributed by atoms with Crippen molar-refractivity contribution in [2.24, 2.45) is 5.10 Å².